The zero-order valence-electron chi connectivity index (χ0n) is 15.2. The fourth-order valence-electron chi connectivity index (χ4n) is 2.66. The van der Waals surface area contributed by atoms with Crippen molar-refractivity contribution in [2.75, 3.05) is 14.2 Å². The number of methoxy groups -OCH3 is 2. The number of ether oxygens (including phenoxy) is 2. The van der Waals surface area contributed by atoms with Gasteiger partial charge in [0.2, 0.25) is 0 Å². The summed E-state index contributed by atoms with van der Waals surface area (Å²) in [7, 11) is 2.36. The van der Waals surface area contributed by atoms with E-state index in [-0.39, 0.29) is 0 Å². The molecular formula is C17H25BO5. The summed E-state index contributed by atoms with van der Waals surface area (Å²) in [6.45, 7) is 11.9. The first kappa shape index (κ1) is 17.8. The van der Waals surface area contributed by atoms with Crippen LogP contribution in [0.1, 0.15) is 49.2 Å². The maximum atomic E-state index is 12.1. The third-order valence-corrected chi connectivity index (χ3v) is 5.00. The molecule has 0 aliphatic carbocycles. The van der Waals surface area contributed by atoms with Crippen molar-refractivity contribution in [1.29, 1.82) is 0 Å². The second-order valence-corrected chi connectivity index (χ2v) is 6.88. The van der Waals surface area contributed by atoms with Crippen LogP contribution in [0, 0.1) is 13.8 Å². The Morgan fingerprint density at radius 3 is 2.00 bits per heavy atom. The quantitative estimate of drug-likeness (QED) is 0.632. The van der Waals surface area contributed by atoms with Gasteiger partial charge in [0.05, 0.1) is 25.4 Å². The molecule has 1 aliphatic heterocycles. The van der Waals surface area contributed by atoms with Crippen LogP contribution in [0.3, 0.4) is 0 Å². The van der Waals surface area contributed by atoms with Gasteiger partial charge in [-0.05, 0) is 64.2 Å². The molecule has 1 aliphatic rings. The Balaban J connectivity index is 2.57. The molecule has 126 valence electrons. The highest BCUT2D eigenvalue weighted by Gasteiger charge is 2.52. The van der Waals surface area contributed by atoms with Crippen molar-refractivity contribution >= 4 is 18.6 Å². The molecule has 0 atom stereocenters. The third kappa shape index (κ3) is 2.86. The second kappa shape index (κ2) is 5.84. The van der Waals surface area contributed by atoms with Gasteiger partial charge in [0, 0.05) is 0 Å². The summed E-state index contributed by atoms with van der Waals surface area (Å²) in [6.07, 6.45) is 0. The Hall–Kier alpha value is -1.53. The Bertz CT molecular complexity index is 620. The second-order valence-electron chi connectivity index (χ2n) is 6.88. The summed E-state index contributed by atoms with van der Waals surface area (Å²) >= 11 is 0. The highest BCUT2D eigenvalue weighted by atomic mass is 16.7. The van der Waals surface area contributed by atoms with Gasteiger partial charge in [-0.2, -0.15) is 0 Å². The summed E-state index contributed by atoms with van der Waals surface area (Å²) in [5.41, 5.74) is 2.17. The molecule has 0 radical (unpaired) electrons. The molecule has 1 aromatic carbocycles. The molecule has 0 amide bonds. The highest BCUT2D eigenvalue weighted by molar-refractivity contribution is 6.62. The lowest BCUT2D eigenvalue weighted by molar-refractivity contribution is 0.00578. The number of rotatable bonds is 3. The van der Waals surface area contributed by atoms with Gasteiger partial charge in [-0.3, -0.25) is 0 Å². The predicted octanol–water partition coefficient (Wildman–Crippen LogP) is 2.40. The first-order valence-corrected chi connectivity index (χ1v) is 7.67. The number of hydrogen-bond acceptors (Lipinski definition) is 5. The molecule has 1 heterocycles. The van der Waals surface area contributed by atoms with Crippen molar-refractivity contribution in [2.45, 2.75) is 52.7 Å². The normalized spacial score (nSPS) is 18.9. The minimum atomic E-state index is -0.534. The third-order valence-electron chi connectivity index (χ3n) is 5.00. The topological polar surface area (TPSA) is 54.0 Å². The van der Waals surface area contributed by atoms with Gasteiger partial charge < -0.3 is 18.8 Å². The van der Waals surface area contributed by atoms with E-state index >= 15 is 0 Å². The van der Waals surface area contributed by atoms with Crippen LogP contribution >= 0.6 is 0 Å². The highest BCUT2D eigenvalue weighted by Crippen LogP contribution is 2.37. The zero-order valence-corrected chi connectivity index (χ0v) is 15.2. The molecule has 5 nitrogen and oxygen atoms in total. The van der Waals surface area contributed by atoms with E-state index in [1.807, 2.05) is 41.5 Å². The maximum Gasteiger partial charge on any atom is 0.495 e. The Kier molecular flexibility index (Phi) is 4.52. The van der Waals surface area contributed by atoms with Crippen LogP contribution < -0.4 is 10.2 Å². The van der Waals surface area contributed by atoms with E-state index in [0.717, 1.165) is 16.6 Å². The number of carbonyl (C=O) groups excluding carboxylic acids is 1. The Morgan fingerprint density at radius 1 is 1.04 bits per heavy atom. The summed E-state index contributed by atoms with van der Waals surface area (Å²) in [4.78, 5) is 12.1. The van der Waals surface area contributed by atoms with Gasteiger partial charge in [0.15, 0.2) is 0 Å². The van der Waals surface area contributed by atoms with Crippen molar-refractivity contribution in [2.24, 2.45) is 0 Å². The average Bonchev–Trinajstić information content (AvgIpc) is 2.68. The van der Waals surface area contributed by atoms with E-state index in [9.17, 15) is 4.79 Å². The van der Waals surface area contributed by atoms with Crippen molar-refractivity contribution in [1.82, 2.24) is 0 Å². The Morgan fingerprint density at radius 2 is 1.57 bits per heavy atom. The van der Waals surface area contributed by atoms with Crippen LogP contribution in [0.15, 0.2) is 6.07 Å². The lowest BCUT2D eigenvalue weighted by atomic mass is 9.74. The zero-order chi connectivity index (χ0) is 17.6. The summed E-state index contributed by atoms with van der Waals surface area (Å²) < 4.78 is 22.5. The first-order valence-electron chi connectivity index (χ1n) is 7.67. The van der Waals surface area contributed by atoms with Gasteiger partial charge in [-0.1, -0.05) is 0 Å². The Labute approximate surface area is 138 Å². The van der Waals surface area contributed by atoms with E-state index < -0.39 is 24.3 Å². The van der Waals surface area contributed by atoms with Crippen molar-refractivity contribution in [3.63, 3.8) is 0 Å². The number of carbonyl (C=O) groups is 1. The van der Waals surface area contributed by atoms with Gasteiger partial charge in [-0.25, -0.2) is 4.79 Å². The lowest BCUT2D eigenvalue weighted by Gasteiger charge is -2.32. The van der Waals surface area contributed by atoms with E-state index in [2.05, 4.69) is 0 Å². The lowest BCUT2D eigenvalue weighted by Crippen LogP contribution is -2.41. The van der Waals surface area contributed by atoms with Crippen LogP contribution in [0.25, 0.3) is 0 Å². The summed E-state index contributed by atoms with van der Waals surface area (Å²) in [6, 6.07) is 1.75. The largest absolute Gasteiger partial charge is 0.496 e. The minimum Gasteiger partial charge on any atom is -0.496 e. The van der Waals surface area contributed by atoms with Crippen LogP contribution in [0.4, 0.5) is 0 Å². The first-order chi connectivity index (χ1) is 10.6. The fourth-order valence-corrected chi connectivity index (χ4v) is 2.66. The van der Waals surface area contributed by atoms with Crippen LogP contribution in [-0.2, 0) is 14.0 Å². The molecular weight excluding hydrogens is 295 g/mol. The molecule has 1 aromatic rings. The molecule has 2 rings (SSSR count). The van der Waals surface area contributed by atoms with Crippen LogP contribution in [0.5, 0.6) is 5.75 Å². The van der Waals surface area contributed by atoms with Crippen molar-refractivity contribution in [3.8, 4) is 5.75 Å². The van der Waals surface area contributed by atoms with E-state index in [1.54, 1.807) is 13.2 Å². The van der Waals surface area contributed by atoms with E-state index in [1.165, 1.54) is 7.11 Å². The molecule has 0 saturated carbocycles. The van der Waals surface area contributed by atoms with Gasteiger partial charge in [0.25, 0.3) is 0 Å². The molecule has 1 saturated heterocycles. The smallest absolute Gasteiger partial charge is 0.495 e. The van der Waals surface area contributed by atoms with E-state index in [0.29, 0.717) is 11.3 Å². The molecule has 23 heavy (non-hydrogen) atoms. The van der Waals surface area contributed by atoms with Crippen LogP contribution in [-0.4, -0.2) is 38.5 Å². The number of esters is 1. The SMILES string of the molecule is COC(=O)c1cc(B2OC(C)(C)C(C)(C)O2)c(C)c(C)c1OC. The summed E-state index contributed by atoms with van der Waals surface area (Å²) in [5.74, 6) is 0.0809. The molecule has 6 heteroatoms. The molecule has 0 N–H and O–H groups in total. The molecule has 0 unspecified atom stereocenters. The fraction of sp³-hybridized carbons (Fsp3) is 0.588. The van der Waals surface area contributed by atoms with Gasteiger partial charge in [0.1, 0.15) is 11.3 Å². The van der Waals surface area contributed by atoms with Gasteiger partial charge >= 0.3 is 13.1 Å². The molecule has 0 bridgehead atoms. The van der Waals surface area contributed by atoms with Gasteiger partial charge in [-0.15, -0.1) is 0 Å². The molecule has 0 spiro atoms. The minimum absolute atomic E-state index is 0.378. The molecule has 1 fully saturated rings. The maximum absolute atomic E-state index is 12.1. The summed E-state index contributed by atoms with van der Waals surface area (Å²) in [5, 5.41) is 0. The predicted molar refractivity (Wildman–Crippen MR) is 89.5 cm³/mol. The van der Waals surface area contributed by atoms with Crippen molar-refractivity contribution in [3.05, 3.63) is 22.8 Å². The van der Waals surface area contributed by atoms with Crippen molar-refractivity contribution < 1.29 is 23.6 Å². The monoisotopic (exact) mass is 320 g/mol. The van der Waals surface area contributed by atoms with E-state index in [4.69, 9.17) is 18.8 Å². The van der Waals surface area contributed by atoms with Crippen LogP contribution in [0.2, 0.25) is 0 Å². The standard InChI is InChI=1S/C17H25BO5/c1-10-11(2)14(20-7)12(15(19)21-8)9-13(10)18-22-16(3,4)17(5,6)23-18/h9H,1-8H3. The molecule has 0 aromatic heterocycles. The average molecular weight is 320 g/mol. The number of benzene rings is 1. The number of hydrogen-bond donors (Lipinski definition) is 0.